The third kappa shape index (κ3) is 4.70. The van der Waals surface area contributed by atoms with E-state index in [1.165, 1.54) is 23.2 Å². The predicted molar refractivity (Wildman–Crippen MR) is 137 cm³/mol. The van der Waals surface area contributed by atoms with Crippen LogP contribution < -0.4 is 20.7 Å². The van der Waals surface area contributed by atoms with Crippen molar-refractivity contribution < 1.29 is 9.53 Å². The maximum Gasteiger partial charge on any atom is 0.413 e. The van der Waals surface area contributed by atoms with Crippen LogP contribution in [-0.2, 0) is 19.3 Å². The van der Waals surface area contributed by atoms with E-state index in [0.29, 0.717) is 5.75 Å². The Labute approximate surface area is 199 Å². The van der Waals surface area contributed by atoms with Crippen LogP contribution in [-0.4, -0.2) is 35.8 Å². The number of hydrogen-bond acceptors (Lipinski definition) is 5. The lowest BCUT2D eigenvalue weighted by atomic mass is 9.93. The van der Waals surface area contributed by atoms with Crippen molar-refractivity contribution in [3.8, 4) is 5.75 Å². The SMILES string of the molecule is CCNCCc1c[nH]c2ccc(OC(=O)NCNc3c4c(nc5ccccc35)CCCC4)cc12. The van der Waals surface area contributed by atoms with Crippen LogP contribution in [0.3, 0.4) is 0 Å². The number of aromatic nitrogens is 2. The average molecular weight is 458 g/mol. The molecule has 4 N–H and O–H groups in total. The van der Waals surface area contributed by atoms with Crippen LogP contribution in [0.1, 0.15) is 36.6 Å². The van der Waals surface area contributed by atoms with Crippen LogP contribution in [0.25, 0.3) is 21.8 Å². The second kappa shape index (κ2) is 10.1. The molecular formula is C27H31N5O2. The summed E-state index contributed by atoms with van der Waals surface area (Å²) in [6, 6.07) is 13.8. The number of carbonyl (C=O) groups excluding carboxylic acids is 1. The lowest BCUT2D eigenvalue weighted by Crippen LogP contribution is -2.32. The maximum absolute atomic E-state index is 12.5. The molecule has 1 aliphatic rings. The topological polar surface area (TPSA) is 91.1 Å². The highest BCUT2D eigenvalue weighted by atomic mass is 16.6. The number of amides is 1. The van der Waals surface area contributed by atoms with E-state index in [1.807, 2.05) is 42.6 Å². The Bertz CT molecular complexity index is 1310. The van der Waals surface area contributed by atoms with Gasteiger partial charge in [-0.3, -0.25) is 4.98 Å². The molecule has 0 saturated carbocycles. The number of nitrogens with one attached hydrogen (secondary N) is 4. The summed E-state index contributed by atoms with van der Waals surface area (Å²) in [5.74, 6) is 0.529. The predicted octanol–water partition coefficient (Wildman–Crippen LogP) is 4.90. The number of H-pyrrole nitrogens is 1. The Kier molecular flexibility index (Phi) is 6.62. The highest BCUT2D eigenvalue weighted by Gasteiger charge is 2.18. The Balaban J connectivity index is 1.25. The van der Waals surface area contributed by atoms with Gasteiger partial charge in [-0.05, 0) is 80.6 Å². The maximum atomic E-state index is 12.5. The molecule has 0 fully saturated rings. The fourth-order valence-corrected chi connectivity index (χ4v) is 4.75. The summed E-state index contributed by atoms with van der Waals surface area (Å²) < 4.78 is 5.58. The Hall–Kier alpha value is -3.58. The van der Waals surface area contributed by atoms with Crippen LogP contribution in [0, 0.1) is 0 Å². The molecule has 0 aliphatic heterocycles. The van der Waals surface area contributed by atoms with Crippen LogP contribution in [0.15, 0.2) is 48.7 Å². The van der Waals surface area contributed by atoms with Crippen molar-refractivity contribution in [2.75, 3.05) is 25.1 Å². The number of likely N-dealkylation sites (N-methyl/N-ethyl adjacent to an activating group) is 1. The summed E-state index contributed by atoms with van der Waals surface area (Å²) in [7, 11) is 0. The average Bonchev–Trinajstić information content (AvgIpc) is 3.26. The summed E-state index contributed by atoms with van der Waals surface area (Å²) in [6.07, 6.45) is 6.80. The van der Waals surface area contributed by atoms with E-state index in [-0.39, 0.29) is 6.67 Å². The second-order valence-electron chi connectivity index (χ2n) is 8.68. The number of anilines is 1. The molecule has 2 aromatic heterocycles. The van der Waals surface area contributed by atoms with Crippen molar-refractivity contribution >= 4 is 33.6 Å². The molecule has 0 spiro atoms. The number of hydrogen-bond donors (Lipinski definition) is 4. The number of pyridine rings is 1. The fraction of sp³-hybridized carbons (Fsp3) is 0.333. The quantitative estimate of drug-likeness (QED) is 0.223. The Morgan fingerprint density at radius 3 is 2.91 bits per heavy atom. The van der Waals surface area contributed by atoms with Gasteiger partial charge in [-0.25, -0.2) is 4.79 Å². The van der Waals surface area contributed by atoms with Crippen molar-refractivity contribution in [2.24, 2.45) is 0 Å². The summed E-state index contributed by atoms with van der Waals surface area (Å²) in [6.45, 7) is 4.23. The van der Waals surface area contributed by atoms with E-state index in [9.17, 15) is 4.79 Å². The monoisotopic (exact) mass is 457 g/mol. The first-order valence-electron chi connectivity index (χ1n) is 12.1. The summed E-state index contributed by atoms with van der Waals surface area (Å²) in [5, 5.41) is 11.8. The largest absolute Gasteiger partial charge is 0.413 e. The highest BCUT2D eigenvalue weighted by molar-refractivity contribution is 5.93. The van der Waals surface area contributed by atoms with Crippen molar-refractivity contribution in [3.05, 3.63) is 65.5 Å². The molecule has 2 heterocycles. The van der Waals surface area contributed by atoms with Gasteiger partial charge in [-0.15, -0.1) is 0 Å². The van der Waals surface area contributed by atoms with E-state index in [1.54, 1.807) is 0 Å². The van der Waals surface area contributed by atoms with Crippen LogP contribution in [0.4, 0.5) is 10.5 Å². The van der Waals surface area contributed by atoms with E-state index in [4.69, 9.17) is 9.72 Å². The molecule has 2 aromatic carbocycles. The molecule has 34 heavy (non-hydrogen) atoms. The summed E-state index contributed by atoms with van der Waals surface area (Å²) >= 11 is 0. The Morgan fingerprint density at radius 2 is 2.00 bits per heavy atom. The zero-order valence-electron chi connectivity index (χ0n) is 19.5. The minimum Gasteiger partial charge on any atom is -0.410 e. The van der Waals surface area contributed by atoms with Gasteiger partial charge in [-0.1, -0.05) is 25.1 Å². The number of fused-ring (bicyclic) bond motifs is 3. The molecule has 7 nitrogen and oxygen atoms in total. The van der Waals surface area contributed by atoms with Crippen molar-refractivity contribution in [1.29, 1.82) is 0 Å². The number of para-hydroxylation sites is 1. The zero-order valence-corrected chi connectivity index (χ0v) is 19.5. The Morgan fingerprint density at radius 1 is 1.12 bits per heavy atom. The number of carbonyl (C=O) groups is 1. The molecule has 176 valence electrons. The molecule has 0 radical (unpaired) electrons. The molecule has 5 rings (SSSR count). The van der Waals surface area contributed by atoms with Crippen LogP contribution in [0.5, 0.6) is 5.75 Å². The van der Waals surface area contributed by atoms with Gasteiger partial charge >= 0.3 is 6.09 Å². The molecule has 1 amide bonds. The molecular weight excluding hydrogens is 426 g/mol. The smallest absolute Gasteiger partial charge is 0.410 e. The molecule has 7 heteroatoms. The van der Waals surface area contributed by atoms with Crippen molar-refractivity contribution in [3.63, 3.8) is 0 Å². The lowest BCUT2D eigenvalue weighted by Gasteiger charge is -2.21. The van der Waals surface area contributed by atoms with Crippen LogP contribution in [0.2, 0.25) is 0 Å². The minimum absolute atomic E-state index is 0.277. The standard InChI is InChI=1S/C27H31N5O2/c1-2-28-14-13-18-16-29-23-12-11-19(15-22(18)23)34-27(33)31-17-30-26-20-7-3-5-9-24(20)32-25-10-6-4-8-21(25)26/h3,5,7,9,11-12,15-16,28-29H,2,4,6,8,10,13-14,17H2,1H3,(H,30,32)(H,31,33). The van der Waals surface area contributed by atoms with Crippen molar-refractivity contribution in [1.82, 2.24) is 20.6 Å². The van der Waals surface area contributed by atoms with Gasteiger partial charge in [0.25, 0.3) is 0 Å². The molecule has 4 aromatic rings. The van der Waals surface area contributed by atoms with Gasteiger partial charge in [0.05, 0.1) is 12.2 Å². The number of aryl methyl sites for hydroxylation is 1. The van der Waals surface area contributed by atoms with Crippen molar-refractivity contribution in [2.45, 2.75) is 39.0 Å². The number of rotatable bonds is 8. The van der Waals surface area contributed by atoms with E-state index < -0.39 is 6.09 Å². The van der Waals surface area contributed by atoms with Gasteiger partial charge in [0.15, 0.2) is 0 Å². The molecule has 0 saturated heterocycles. The van der Waals surface area contributed by atoms with Gasteiger partial charge in [0.2, 0.25) is 0 Å². The van der Waals surface area contributed by atoms with Gasteiger partial charge in [0.1, 0.15) is 5.75 Å². The second-order valence-corrected chi connectivity index (χ2v) is 8.68. The molecule has 0 atom stereocenters. The fourth-order valence-electron chi connectivity index (χ4n) is 4.75. The normalized spacial score (nSPS) is 13.1. The van der Waals surface area contributed by atoms with E-state index >= 15 is 0 Å². The summed E-state index contributed by atoms with van der Waals surface area (Å²) in [5.41, 5.74) is 6.73. The molecule has 0 unspecified atom stereocenters. The zero-order chi connectivity index (χ0) is 23.3. The highest BCUT2D eigenvalue weighted by Crippen LogP contribution is 2.33. The van der Waals surface area contributed by atoms with Gasteiger partial charge in [-0.2, -0.15) is 0 Å². The number of nitrogens with zero attached hydrogens (tertiary/aromatic N) is 1. The minimum atomic E-state index is -0.483. The van der Waals surface area contributed by atoms with Crippen LogP contribution >= 0.6 is 0 Å². The summed E-state index contributed by atoms with van der Waals surface area (Å²) in [4.78, 5) is 20.7. The first-order chi connectivity index (χ1) is 16.7. The number of aromatic amines is 1. The number of ether oxygens (including phenoxy) is 1. The van der Waals surface area contributed by atoms with Gasteiger partial charge in [0, 0.05) is 33.9 Å². The first kappa shape index (κ1) is 22.2. The van der Waals surface area contributed by atoms with E-state index in [0.717, 1.165) is 66.3 Å². The molecule has 0 bridgehead atoms. The molecule has 1 aliphatic carbocycles. The van der Waals surface area contributed by atoms with Gasteiger partial charge < -0.3 is 25.7 Å². The van der Waals surface area contributed by atoms with E-state index in [2.05, 4.69) is 33.9 Å². The lowest BCUT2D eigenvalue weighted by molar-refractivity contribution is 0.201. The third-order valence-corrected chi connectivity index (χ3v) is 6.44. The first-order valence-corrected chi connectivity index (χ1v) is 12.1. The third-order valence-electron chi connectivity index (χ3n) is 6.44. The number of benzene rings is 2.